The second-order valence-electron chi connectivity index (χ2n) is 8.94. The fourth-order valence-corrected chi connectivity index (χ4v) is 4.45. The third-order valence-electron chi connectivity index (χ3n) is 6.25. The number of amides is 2. The highest BCUT2D eigenvalue weighted by atomic mass is 16.2. The Morgan fingerprint density at radius 1 is 0.968 bits per heavy atom. The van der Waals surface area contributed by atoms with E-state index in [1.165, 1.54) is 24.8 Å². The Bertz CT molecular complexity index is 869. The third-order valence-corrected chi connectivity index (χ3v) is 6.25. The molecular formula is C27H36N2O2. The fraction of sp³-hybridized carbons (Fsp3) is 0.481. The zero-order valence-electron chi connectivity index (χ0n) is 19.2. The van der Waals surface area contributed by atoms with Crippen LogP contribution in [0.4, 0.5) is 0 Å². The van der Waals surface area contributed by atoms with Crippen LogP contribution in [0.2, 0.25) is 0 Å². The minimum atomic E-state index is -0.458. The van der Waals surface area contributed by atoms with Crippen LogP contribution in [0, 0.1) is 13.8 Å². The van der Waals surface area contributed by atoms with Gasteiger partial charge in [-0.3, -0.25) is 9.59 Å². The Kier molecular flexibility index (Phi) is 8.27. The molecule has 1 aliphatic carbocycles. The van der Waals surface area contributed by atoms with E-state index in [0.717, 1.165) is 29.5 Å². The average molecular weight is 421 g/mol. The lowest BCUT2D eigenvalue weighted by Crippen LogP contribution is -2.51. The number of carbonyl (C=O) groups is 2. The summed E-state index contributed by atoms with van der Waals surface area (Å²) >= 11 is 0. The van der Waals surface area contributed by atoms with Crippen LogP contribution >= 0.6 is 0 Å². The van der Waals surface area contributed by atoms with Gasteiger partial charge in [0.05, 0.1) is 6.42 Å². The van der Waals surface area contributed by atoms with Crippen molar-refractivity contribution in [2.45, 2.75) is 84.3 Å². The van der Waals surface area contributed by atoms with Gasteiger partial charge in [0.2, 0.25) is 11.8 Å². The first-order chi connectivity index (χ1) is 15.0. The second kappa shape index (κ2) is 11.1. The largest absolute Gasteiger partial charge is 0.352 e. The first-order valence-electron chi connectivity index (χ1n) is 11.7. The molecule has 166 valence electrons. The van der Waals surface area contributed by atoms with Crippen molar-refractivity contribution >= 4 is 11.8 Å². The molecule has 0 aromatic heterocycles. The molecule has 1 fully saturated rings. The van der Waals surface area contributed by atoms with Gasteiger partial charge in [-0.25, -0.2) is 0 Å². The fourth-order valence-electron chi connectivity index (χ4n) is 4.45. The van der Waals surface area contributed by atoms with E-state index in [1.54, 1.807) is 4.90 Å². The quantitative estimate of drug-likeness (QED) is 0.646. The monoisotopic (exact) mass is 420 g/mol. The summed E-state index contributed by atoms with van der Waals surface area (Å²) in [6.45, 7) is 6.52. The third kappa shape index (κ3) is 6.68. The maximum Gasteiger partial charge on any atom is 0.243 e. The molecule has 0 unspecified atom stereocenters. The van der Waals surface area contributed by atoms with Gasteiger partial charge in [-0.2, -0.15) is 0 Å². The number of aryl methyl sites for hydroxylation is 2. The molecule has 0 radical (unpaired) electrons. The van der Waals surface area contributed by atoms with E-state index in [0.29, 0.717) is 19.4 Å². The molecule has 3 rings (SSSR count). The molecule has 0 spiro atoms. The van der Waals surface area contributed by atoms with E-state index in [2.05, 4.69) is 24.4 Å². The van der Waals surface area contributed by atoms with Gasteiger partial charge in [0.1, 0.15) is 6.04 Å². The summed E-state index contributed by atoms with van der Waals surface area (Å²) in [5.41, 5.74) is 4.36. The van der Waals surface area contributed by atoms with Crippen LogP contribution in [-0.2, 0) is 22.6 Å². The van der Waals surface area contributed by atoms with Crippen LogP contribution in [-0.4, -0.2) is 28.8 Å². The molecule has 2 aromatic rings. The van der Waals surface area contributed by atoms with E-state index in [-0.39, 0.29) is 17.9 Å². The maximum absolute atomic E-state index is 13.4. The van der Waals surface area contributed by atoms with Crippen molar-refractivity contribution in [3.05, 3.63) is 70.8 Å². The van der Waals surface area contributed by atoms with Crippen LogP contribution in [0.25, 0.3) is 0 Å². The highest BCUT2D eigenvalue weighted by Gasteiger charge is 2.30. The Balaban J connectivity index is 1.80. The average Bonchev–Trinajstić information content (AvgIpc) is 2.75. The molecule has 2 aromatic carbocycles. The zero-order chi connectivity index (χ0) is 22.2. The highest BCUT2D eigenvalue weighted by Crippen LogP contribution is 2.20. The Hall–Kier alpha value is -2.62. The molecule has 1 N–H and O–H groups in total. The van der Waals surface area contributed by atoms with Crippen LogP contribution < -0.4 is 5.32 Å². The predicted octanol–water partition coefficient (Wildman–Crippen LogP) is 5.10. The standard InChI is InChI=1S/C27H36N2O2/c1-4-25(27(31)28-24-11-6-5-7-12-24)29(19-22-15-13-20(2)14-16-22)26(30)18-23-10-8-9-21(3)17-23/h8-10,13-17,24-25H,4-7,11-12,18-19H2,1-3H3,(H,28,31)/t25-/m0/s1. The first-order valence-corrected chi connectivity index (χ1v) is 11.7. The molecule has 1 saturated carbocycles. The highest BCUT2D eigenvalue weighted by molar-refractivity contribution is 5.88. The van der Waals surface area contributed by atoms with Gasteiger partial charge in [-0.15, -0.1) is 0 Å². The van der Waals surface area contributed by atoms with Crippen molar-refractivity contribution in [3.63, 3.8) is 0 Å². The van der Waals surface area contributed by atoms with Gasteiger partial charge in [0.15, 0.2) is 0 Å². The van der Waals surface area contributed by atoms with Gasteiger partial charge in [-0.1, -0.05) is 85.8 Å². The number of nitrogens with one attached hydrogen (secondary N) is 1. The lowest BCUT2D eigenvalue weighted by molar-refractivity contribution is -0.141. The minimum Gasteiger partial charge on any atom is -0.352 e. The van der Waals surface area contributed by atoms with Crippen LogP contribution in [0.15, 0.2) is 48.5 Å². The number of benzene rings is 2. The van der Waals surface area contributed by atoms with Gasteiger partial charge in [-0.05, 0) is 44.2 Å². The SMILES string of the molecule is CC[C@@H](C(=O)NC1CCCCC1)N(Cc1ccc(C)cc1)C(=O)Cc1cccc(C)c1. The number of hydrogen-bond donors (Lipinski definition) is 1. The Labute approximate surface area is 187 Å². The Morgan fingerprint density at radius 2 is 1.68 bits per heavy atom. The smallest absolute Gasteiger partial charge is 0.243 e. The van der Waals surface area contributed by atoms with Crippen molar-refractivity contribution in [2.75, 3.05) is 0 Å². The molecule has 31 heavy (non-hydrogen) atoms. The Morgan fingerprint density at radius 3 is 2.32 bits per heavy atom. The zero-order valence-corrected chi connectivity index (χ0v) is 19.2. The summed E-state index contributed by atoms with van der Waals surface area (Å²) in [5, 5.41) is 3.24. The van der Waals surface area contributed by atoms with E-state index in [4.69, 9.17) is 0 Å². The van der Waals surface area contributed by atoms with Gasteiger partial charge < -0.3 is 10.2 Å². The summed E-state index contributed by atoms with van der Waals surface area (Å²) in [7, 11) is 0. The minimum absolute atomic E-state index is 0.00295. The molecule has 1 atom stereocenters. The molecule has 0 bridgehead atoms. The summed E-state index contributed by atoms with van der Waals surface area (Å²) in [6, 6.07) is 16.0. The molecule has 0 heterocycles. The normalized spacial score (nSPS) is 15.3. The number of nitrogens with zero attached hydrogens (tertiary/aromatic N) is 1. The summed E-state index contributed by atoms with van der Waals surface area (Å²) < 4.78 is 0. The van der Waals surface area contributed by atoms with Crippen molar-refractivity contribution < 1.29 is 9.59 Å². The number of hydrogen-bond acceptors (Lipinski definition) is 2. The molecule has 0 aliphatic heterocycles. The molecule has 2 amide bonds. The van der Waals surface area contributed by atoms with Crippen molar-refractivity contribution in [1.82, 2.24) is 10.2 Å². The van der Waals surface area contributed by atoms with Crippen molar-refractivity contribution in [3.8, 4) is 0 Å². The number of carbonyl (C=O) groups excluding carboxylic acids is 2. The summed E-state index contributed by atoms with van der Waals surface area (Å²) in [5.74, 6) is -0.0177. The van der Waals surface area contributed by atoms with Crippen molar-refractivity contribution in [1.29, 1.82) is 0 Å². The second-order valence-corrected chi connectivity index (χ2v) is 8.94. The van der Waals surface area contributed by atoms with E-state index >= 15 is 0 Å². The molecular weight excluding hydrogens is 384 g/mol. The van der Waals surface area contributed by atoms with Gasteiger partial charge in [0, 0.05) is 12.6 Å². The molecule has 1 aliphatic rings. The summed E-state index contributed by atoms with van der Waals surface area (Å²) in [4.78, 5) is 28.5. The lowest BCUT2D eigenvalue weighted by Gasteiger charge is -2.33. The van der Waals surface area contributed by atoms with Gasteiger partial charge >= 0.3 is 0 Å². The van der Waals surface area contributed by atoms with E-state index in [1.807, 2.05) is 50.2 Å². The van der Waals surface area contributed by atoms with Crippen LogP contribution in [0.5, 0.6) is 0 Å². The first kappa shape index (κ1) is 23.1. The van der Waals surface area contributed by atoms with Gasteiger partial charge in [0.25, 0.3) is 0 Å². The van der Waals surface area contributed by atoms with Crippen LogP contribution in [0.1, 0.15) is 67.7 Å². The van der Waals surface area contributed by atoms with E-state index in [9.17, 15) is 9.59 Å². The molecule has 0 saturated heterocycles. The topological polar surface area (TPSA) is 49.4 Å². The molecule has 4 nitrogen and oxygen atoms in total. The molecule has 4 heteroatoms. The predicted molar refractivity (Wildman–Crippen MR) is 126 cm³/mol. The van der Waals surface area contributed by atoms with E-state index < -0.39 is 6.04 Å². The summed E-state index contributed by atoms with van der Waals surface area (Å²) in [6.07, 6.45) is 6.57. The maximum atomic E-state index is 13.4. The van der Waals surface area contributed by atoms with Crippen LogP contribution in [0.3, 0.4) is 0 Å². The number of rotatable bonds is 8. The lowest BCUT2D eigenvalue weighted by atomic mass is 9.95. The van der Waals surface area contributed by atoms with Crippen molar-refractivity contribution in [2.24, 2.45) is 0 Å².